The van der Waals surface area contributed by atoms with Gasteiger partial charge in [-0.15, -0.1) is 0 Å². The van der Waals surface area contributed by atoms with Crippen molar-refractivity contribution >= 4 is 6.29 Å². The number of hydrogen-bond acceptors (Lipinski definition) is 3. The van der Waals surface area contributed by atoms with Crippen LogP contribution in [0.2, 0.25) is 0 Å². The van der Waals surface area contributed by atoms with Crippen molar-refractivity contribution < 1.29 is 9.90 Å². The molecule has 0 unspecified atom stereocenters. The lowest BCUT2D eigenvalue weighted by Crippen LogP contribution is -2.63. The van der Waals surface area contributed by atoms with Crippen molar-refractivity contribution in [3.8, 4) is 0 Å². The van der Waals surface area contributed by atoms with Crippen LogP contribution < -0.4 is 5.32 Å². The first kappa shape index (κ1) is 10.7. The summed E-state index contributed by atoms with van der Waals surface area (Å²) in [5, 5.41) is 13.3. The second-order valence-corrected chi connectivity index (χ2v) is 5.47. The molecule has 0 aliphatic carbocycles. The Morgan fingerprint density at radius 1 is 1.15 bits per heavy atom. The third kappa shape index (κ3) is 2.51. The normalized spacial score (nSPS) is 29.6. The van der Waals surface area contributed by atoms with Crippen LogP contribution in [0.3, 0.4) is 0 Å². The van der Waals surface area contributed by atoms with Gasteiger partial charge in [0, 0.05) is 23.9 Å². The van der Waals surface area contributed by atoms with Crippen LogP contribution in [0.5, 0.6) is 0 Å². The minimum Gasteiger partial charge on any atom is -0.382 e. The third-order valence-electron chi connectivity index (χ3n) is 2.39. The van der Waals surface area contributed by atoms with Crippen LogP contribution in [0.25, 0.3) is 0 Å². The van der Waals surface area contributed by atoms with Gasteiger partial charge in [-0.05, 0) is 27.7 Å². The van der Waals surface area contributed by atoms with Crippen LogP contribution in [-0.2, 0) is 4.79 Å². The molecule has 3 heteroatoms. The average Bonchev–Trinajstić information content (AvgIpc) is 1.79. The van der Waals surface area contributed by atoms with Gasteiger partial charge in [-0.2, -0.15) is 0 Å². The molecule has 1 rings (SSSR count). The van der Waals surface area contributed by atoms with Gasteiger partial charge in [-0.3, -0.25) is 0 Å². The number of piperidine rings is 1. The van der Waals surface area contributed by atoms with E-state index in [1.807, 2.05) is 27.7 Å². The SMILES string of the molecule is CC1(C)CC(O)(C=O)CC(C)(C)N1. The van der Waals surface area contributed by atoms with Crippen molar-refractivity contribution in [2.75, 3.05) is 0 Å². The Balaban J connectivity index is 2.90. The molecule has 1 aliphatic heterocycles. The minimum atomic E-state index is -1.15. The van der Waals surface area contributed by atoms with Crippen LogP contribution in [-0.4, -0.2) is 28.1 Å². The van der Waals surface area contributed by atoms with E-state index in [2.05, 4.69) is 5.32 Å². The summed E-state index contributed by atoms with van der Waals surface area (Å²) in [6, 6.07) is 0. The molecule has 0 atom stereocenters. The predicted octanol–water partition coefficient (Wildman–Crippen LogP) is 0.857. The second kappa shape index (κ2) is 2.79. The molecular weight excluding hydrogens is 166 g/mol. The highest BCUT2D eigenvalue weighted by Gasteiger charge is 2.45. The number of nitrogens with one attached hydrogen (secondary N) is 1. The van der Waals surface area contributed by atoms with Crippen molar-refractivity contribution in [2.45, 2.75) is 57.2 Å². The van der Waals surface area contributed by atoms with Gasteiger partial charge in [-0.1, -0.05) is 0 Å². The molecule has 2 N–H and O–H groups in total. The Morgan fingerprint density at radius 3 is 1.85 bits per heavy atom. The fourth-order valence-electron chi connectivity index (χ4n) is 2.68. The number of carbonyl (C=O) groups is 1. The zero-order valence-corrected chi connectivity index (χ0v) is 8.85. The quantitative estimate of drug-likeness (QED) is 0.596. The van der Waals surface area contributed by atoms with Crippen molar-refractivity contribution in [3.63, 3.8) is 0 Å². The molecule has 0 saturated carbocycles. The van der Waals surface area contributed by atoms with E-state index in [-0.39, 0.29) is 11.1 Å². The van der Waals surface area contributed by atoms with Crippen molar-refractivity contribution in [2.24, 2.45) is 0 Å². The van der Waals surface area contributed by atoms with Gasteiger partial charge >= 0.3 is 0 Å². The summed E-state index contributed by atoms with van der Waals surface area (Å²) in [6.45, 7) is 8.01. The van der Waals surface area contributed by atoms with Crippen LogP contribution in [0.15, 0.2) is 0 Å². The predicted molar refractivity (Wildman–Crippen MR) is 51.5 cm³/mol. The second-order valence-electron chi connectivity index (χ2n) is 5.47. The Kier molecular flexibility index (Phi) is 2.29. The Hall–Kier alpha value is -0.410. The van der Waals surface area contributed by atoms with E-state index < -0.39 is 5.60 Å². The molecule has 1 saturated heterocycles. The zero-order chi connectivity index (χ0) is 10.3. The summed E-state index contributed by atoms with van der Waals surface area (Å²) in [7, 11) is 0. The van der Waals surface area contributed by atoms with E-state index in [9.17, 15) is 9.90 Å². The lowest BCUT2D eigenvalue weighted by molar-refractivity contribution is -0.133. The highest BCUT2D eigenvalue weighted by atomic mass is 16.3. The summed E-state index contributed by atoms with van der Waals surface area (Å²) in [6.07, 6.45) is 1.64. The van der Waals surface area contributed by atoms with Crippen LogP contribution >= 0.6 is 0 Å². The van der Waals surface area contributed by atoms with Gasteiger partial charge < -0.3 is 15.2 Å². The molecule has 0 spiro atoms. The maximum atomic E-state index is 10.8. The van der Waals surface area contributed by atoms with Crippen molar-refractivity contribution in [3.05, 3.63) is 0 Å². The monoisotopic (exact) mass is 185 g/mol. The van der Waals surface area contributed by atoms with Crippen molar-refractivity contribution in [1.82, 2.24) is 5.32 Å². The molecule has 0 aromatic carbocycles. The molecule has 0 bridgehead atoms. The van der Waals surface area contributed by atoms with Gasteiger partial charge in [-0.25, -0.2) is 0 Å². The first-order valence-corrected chi connectivity index (χ1v) is 4.66. The number of aldehydes is 1. The summed E-state index contributed by atoms with van der Waals surface area (Å²) < 4.78 is 0. The van der Waals surface area contributed by atoms with Gasteiger partial charge in [0.1, 0.15) is 5.60 Å². The summed E-state index contributed by atoms with van der Waals surface area (Å²) >= 11 is 0. The maximum Gasteiger partial charge on any atom is 0.151 e. The number of aliphatic hydroxyl groups is 1. The standard InChI is InChI=1S/C10H19NO2/c1-8(2)5-10(13,7-12)6-9(3,4)11-8/h7,11,13H,5-6H2,1-4H3. The molecular formula is C10H19NO2. The molecule has 1 aliphatic rings. The summed E-state index contributed by atoms with van der Waals surface area (Å²) in [5.41, 5.74) is -1.52. The average molecular weight is 185 g/mol. The van der Waals surface area contributed by atoms with E-state index in [1.165, 1.54) is 0 Å². The molecule has 3 nitrogen and oxygen atoms in total. The van der Waals surface area contributed by atoms with E-state index in [0.29, 0.717) is 19.1 Å². The molecule has 0 amide bonds. The van der Waals surface area contributed by atoms with E-state index >= 15 is 0 Å². The molecule has 76 valence electrons. The third-order valence-corrected chi connectivity index (χ3v) is 2.39. The highest BCUT2D eigenvalue weighted by Crippen LogP contribution is 2.34. The van der Waals surface area contributed by atoms with Gasteiger partial charge in [0.15, 0.2) is 6.29 Å². The highest BCUT2D eigenvalue weighted by molar-refractivity contribution is 5.63. The Labute approximate surface area is 79.5 Å². The van der Waals surface area contributed by atoms with Gasteiger partial charge in [0.25, 0.3) is 0 Å². The smallest absolute Gasteiger partial charge is 0.151 e. The summed E-state index contributed by atoms with van der Waals surface area (Å²) in [5.74, 6) is 0. The van der Waals surface area contributed by atoms with E-state index in [4.69, 9.17) is 0 Å². The molecule has 0 aromatic heterocycles. The van der Waals surface area contributed by atoms with E-state index in [0.717, 1.165) is 0 Å². The minimum absolute atomic E-state index is 0.183. The fourth-order valence-corrected chi connectivity index (χ4v) is 2.68. The first-order valence-electron chi connectivity index (χ1n) is 4.66. The first-order chi connectivity index (χ1) is 5.68. The Morgan fingerprint density at radius 2 is 1.54 bits per heavy atom. The van der Waals surface area contributed by atoms with Crippen molar-refractivity contribution in [1.29, 1.82) is 0 Å². The lowest BCUT2D eigenvalue weighted by Gasteiger charge is -2.48. The maximum absolute atomic E-state index is 10.8. The van der Waals surface area contributed by atoms with Crippen LogP contribution in [0.4, 0.5) is 0 Å². The Bertz CT molecular complexity index is 205. The largest absolute Gasteiger partial charge is 0.382 e. The molecule has 1 heterocycles. The molecule has 1 fully saturated rings. The van der Waals surface area contributed by atoms with E-state index in [1.54, 1.807) is 0 Å². The molecule has 0 aromatic rings. The zero-order valence-electron chi connectivity index (χ0n) is 8.85. The number of carbonyl (C=O) groups excluding carboxylic acids is 1. The molecule has 0 radical (unpaired) electrons. The number of hydrogen-bond donors (Lipinski definition) is 2. The summed E-state index contributed by atoms with van der Waals surface area (Å²) in [4.78, 5) is 10.8. The van der Waals surface area contributed by atoms with Gasteiger partial charge in [0.2, 0.25) is 0 Å². The topological polar surface area (TPSA) is 49.3 Å². The molecule has 13 heavy (non-hydrogen) atoms. The van der Waals surface area contributed by atoms with Crippen LogP contribution in [0.1, 0.15) is 40.5 Å². The lowest BCUT2D eigenvalue weighted by atomic mass is 9.74. The number of rotatable bonds is 1. The van der Waals surface area contributed by atoms with Crippen LogP contribution in [0, 0.1) is 0 Å². The van der Waals surface area contributed by atoms with Gasteiger partial charge in [0.05, 0.1) is 0 Å². The fraction of sp³-hybridized carbons (Fsp3) is 0.900.